The Hall–Kier alpha value is -3.45. The topological polar surface area (TPSA) is 73.2 Å². The minimum atomic E-state index is -0.322. The summed E-state index contributed by atoms with van der Waals surface area (Å²) in [6.07, 6.45) is 1.42. The molecule has 0 fully saturated rings. The summed E-state index contributed by atoms with van der Waals surface area (Å²) in [7, 11) is 0. The first-order chi connectivity index (χ1) is 14.6. The fourth-order valence-corrected chi connectivity index (χ4v) is 4.13. The highest BCUT2D eigenvalue weighted by atomic mass is 32.1. The van der Waals surface area contributed by atoms with Crippen molar-refractivity contribution in [2.45, 2.75) is 20.4 Å². The SMILES string of the molecule is CCOc1ccccc1NC(=O)Cn1cnc2scc(-c3ccc(C)cc3)c2c1=O. The summed E-state index contributed by atoms with van der Waals surface area (Å²) < 4.78 is 6.88. The number of hydrogen-bond acceptors (Lipinski definition) is 5. The fraction of sp³-hybridized carbons (Fsp3) is 0.174. The zero-order valence-electron chi connectivity index (χ0n) is 16.7. The van der Waals surface area contributed by atoms with Crippen molar-refractivity contribution in [2.75, 3.05) is 11.9 Å². The lowest BCUT2D eigenvalue weighted by Gasteiger charge is -2.12. The fourth-order valence-electron chi connectivity index (χ4n) is 3.22. The molecule has 2 aromatic heterocycles. The molecule has 4 aromatic rings. The summed E-state index contributed by atoms with van der Waals surface area (Å²) in [5.41, 5.74) is 3.28. The molecule has 0 aliphatic carbocycles. The Kier molecular flexibility index (Phi) is 5.63. The van der Waals surface area contributed by atoms with E-state index >= 15 is 0 Å². The Balaban J connectivity index is 1.63. The summed E-state index contributed by atoms with van der Waals surface area (Å²) in [6.45, 7) is 4.26. The van der Waals surface area contributed by atoms with Gasteiger partial charge in [-0.25, -0.2) is 4.98 Å². The third-order valence-electron chi connectivity index (χ3n) is 4.70. The summed E-state index contributed by atoms with van der Waals surface area (Å²) in [5.74, 6) is 0.270. The van der Waals surface area contributed by atoms with Crippen LogP contribution in [0.15, 0.2) is 65.0 Å². The molecule has 0 unspecified atom stereocenters. The third-order valence-corrected chi connectivity index (χ3v) is 5.58. The second-order valence-electron chi connectivity index (χ2n) is 6.85. The number of amides is 1. The lowest BCUT2D eigenvalue weighted by molar-refractivity contribution is -0.116. The van der Waals surface area contributed by atoms with Crippen LogP contribution in [-0.2, 0) is 11.3 Å². The van der Waals surface area contributed by atoms with Gasteiger partial charge in [-0.3, -0.25) is 14.2 Å². The molecule has 0 spiro atoms. The molecule has 0 saturated carbocycles. The van der Waals surface area contributed by atoms with Gasteiger partial charge in [0.25, 0.3) is 5.56 Å². The van der Waals surface area contributed by atoms with Gasteiger partial charge in [0.15, 0.2) is 0 Å². The van der Waals surface area contributed by atoms with Crippen molar-refractivity contribution >= 4 is 33.1 Å². The molecule has 1 amide bonds. The number of aromatic nitrogens is 2. The number of para-hydroxylation sites is 2. The van der Waals surface area contributed by atoms with Crippen LogP contribution in [0.5, 0.6) is 5.75 Å². The smallest absolute Gasteiger partial charge is 0.263 e. The molecule has 30 heavy (non-hydrogen) atoms. The van der Waals surface area contributed by atoms with E-state index in [1.54, 1.807) is 12.1 Å². The normalized spacial score (nSPS) is 10.9. The highest BCUT2D eigenvalue weighted by Crippen LogP contribution is 2.30. The molecule has 0 aliphatic rings. The molecule has 6 nitrogen and oxygen atoms in total. The van der Waals surface area contributed by atoms with Gasteiger partial charge in [0.05, 0.1) is 24.0 Å². The van der Waals surface area contributed by atoms with E-state index in [4.69, 9.17) is 4.74 Å². The van der Waals surface area contributed by atoms with Crippen molar-refractivity contribution in [3.05, 3.63) is 76.2 Å². The van der Waals surface area contributed by atoms with Gasteiger partial charge in [-0.1, -0.05) is 42.0 Å². The predicted octanol–water partition coefficient (Wildman–Crippen LogP) is 4.47. The molecule has 2 heterocycles. The minimum absolute atomic E-state index is 0.134. The van der Waals surface area contributed by atoms with Crippen LogP contribution in [-0.4, -0.2) is 22.1 Å². The van der Waals surface area contributed by atoms with E-state index in [2.05, 4.69) is 10.3 Å². The van der Waals surface area contributed by atoms with Crippen LogP contribution >= 0.6 is 11.3 Å². The van der Waals surface area contributed by atoms with Gasteiger partial charge in [0.2, 0.25) is 5.91 Å². The molecule has 0 radical (unpaired) electrons. The lowest BCUT2D eigenvalue weighted by Crippen LogP contribution is -2.28. The Bertz CT molecular complexity index is 1260. The first-order valence-corrected chi connectivity index (χ1v) is 10.5. The van der Waals surface area contributed by atoms with Crippen molar-refractivity contribution in [1.82, 2.24) is 9.55 Å². The van der Waals surface area contributed by atoms with Crippen molar-refractivity contribution in [3.8, 4) is 16.9 Å². The Morgan fingerprint density at radius 3 is 2.70 bits per heavy atom. The first kappa shape index (κ1) is 19.8. The van der Waals surface area contributed by atoms with Crippen molar-refractivity contribution in [1.29, 1.82) is 0 Å². The van der Waals surface area contributed by atoms with Gasteiger partial charge >= 0.3 is 0 Å². The summed E-state index contributed by atoms with van der Waals surface area (Å²) in [6, 6.07) is 15.2. The maximum absolute atomic E-state index is 13.1. The maximum Gasteiger partial charge on any atom is 0.263 e. The first-order valence-electron chi connectivity index (χ1n) is 9.62. The number of carbonyl (C=O) groups is 1. The highest BCUT2D eigenvalue weighted by molar-refractivity contribution is 7.17. The van der Waals surface area contributed by atoms with Crippen molar-refractivity contribution < 1.29 is 9.53 Å². The molecule has 152 valence electrons. The quantitative estimate of drug-likeness (QED) is 0.500. The van der Waals surface area contributed by atoms with E-state index in [0.29, 0.717) is 28.3 Å². The third kappa shape index (κ3) is 3.97. The van der Waals surface area contributed by atoms with Crippen LogP contribution in [0, 0.1) is 6.92 Å². The van der Waals surface area contributed by atoms with E-state index in [-0.39, 0.29) is 18.0 Å². The van der Waals surface area contributed by atoms with Crippen LogP contribution in [0.2, 0.25) is 0 Å². The van der Waals surface area contributed by atoms with Gasteiger partial charge in [0, 0.05) is 10.9 Å². The van der Waals surface area contributed by atoms with Gasteiger partial charge in [0.1, 0.15) is 17.1 Å². The number of rotatable bonds is 6. The number of benzene rings is 2. The van der Waals surface area contributed by atoms with Crippen molar-refractivity contribution in [3.63, 3.8) is 0 Å². The van der Waals surface area contributed by atoms with Gasteiger partial charge < -0.3 is 10.1 Å². The van der Waals surface area contributed by atoms with Crippen LogP contribution in [0.4, 0.5) is 5.69 Å². The Morgan fingerprint density at radius 2 is 1.93 bits per heavy atom. The molecular weight excluding hydrogens is 398 g/mol. The monoisotopic (exact) mass is 419 g/mol. The summed E-state index contributed by atoms with van der Waals surface area (Å²) in [4.78, 5) is 30.8. The molecule has 0 atom stereocenters. The molecule has 0 saturated heterocycles. The largest absolute Gasteiger partial charge is 0.492 e. The van der Waals surface area contributed by atoms with Crippen LogP contribution in [0.1, 0.15) is 12.5 Å². The zero-order chi connectivity index (χ0) is 21.1. The molecule has 1 N–H and O–H groups in total. The minimum Gasteiger partial charge on any atom is -0.492 e. The number of fused-ring (bicyclic) bond motifs is 1. The van der Waals surface area contributed by atoms with E-state index in [9.17, 15) is 9.59 Å². The van der Waals surface area contributed by atoms with E-state index in [0.717, 1.165) is 16.7 Å². The van der Waals surface area contributed by atoms with Crippen LogP contribution < -0.4 is 15.6 Å². The average molecular weight is 420 g/mol. The lowest BCUT2D eigenvalue weighted by atomic mass is 10.1. The molecular formula is C23H21N3O3S. The van der Waals surface area contributed by atoms with Crippen molar-refractivity contribution in [2.24, 2.45) is 0 Å². The van der Waals surface area contributed by atoms with E-state index < -0.39 is 0 Å². The maximum atomic E-state index is 13.1. The average Bonchev–Trinajstić information content (AvgIpc) is 3.17. The number of thiophene rings is 1. The number of carbonyl (C=O) groups excluding carboxylic acids is 1. The van der Waals surface area contributed by atoms with Crippen LogP contribution in [0.3, 0.4) is 0 Å². The number of aryl methyl sites for hydroxylation is 1. The van der Waals surface area contributed by atoms with Gasteiger partial charge in [-0.05, 0) is 31.5 Å². The molecule has 0 bridgehead atoms. The number of ether oxygens (including phenoxy) is 1. The highest BCUT2D eigenvalue weighted by Gasteiger charge is 2.15. The standard InChI is InChI=1S/C23H21N3O3S/c1-3-29-19-7-5-4-6-18(19)25-20(27)12-26-14-24-22-21(23(26)28)17(13-30-22)16-10-8-15(2)9-11-16/h4-11,13-14H,3,12H2,1-2H3,(H,25,27). The zero-order valence-corrected chi connectivity index (χ0v) is 17.5. The molecule has 0 aliphatic heterocycles. The number of nitrogens with one attached hydrogen (secondary N) is 1. The predicted molar refractivity (Wildman–Crippen MR) is 120 cm³/mol. The van der Waals surface area contributed by atoms with E-state index in [1.807, 2.05) is 55.6 Å². The summed E-state index contributed by atoms with van der Waals surface area (Å²) >= 11 is 1.42. The van der Waals surface area contributed by atoms with E-state index in [1.165, 1.54) is 22.2 Å². The second kappa shape index (κ2) is 8.51. The number of anilines is 1. The number of hydrogen-bond donors (Lipinski definition) is 1. The van der Waals surface area contributed by atoms with Gasteiger partial charge in [-0.2, -0.15) is 0 Å². The van der Waals surface area contributed by atoms with Gasteiger partial charge in [-0.15, -0.1) is 11.3 Å². The summed E-state index contributed by atoms with van der Waals surface area (Å²) in [5, 5.41) is 5.29. The Labute approximate surface area is 177 Å². The molecule has 7 heteroatoms. The molecule has 4 rings (SSSR count). The molecule has 2 aromatic carbocycles. The second-order valence-corrected chi connectivity index (χ2v) is 7.71. The number of nitrogens with zero attached hydrogens (tertiary/aromatic N) is 2. The Morgan fingerprint density at radius 1 is 1.17 bits per heavy atom. The van der Waals surface area contributed by atoms with Crippen LogP contribution in [0.25, 0.3) is 21.3 Å².